The summed E-state index contributed by atoms with van der Waals surface area (Å²) < 4.78 is 11.9. The molecular formula is C27H33ClN6O3. The van der Waals surface area contributed by atoms with Crippen LogP contribution in [-0.4, -0.2) is 39.3 Å². The number of hydrogen-bond acceptors (Lipinski definition) is 7. The fraction of sp³-hybridized carbons (Fsp3) is 0.519. The highest BCUT2D eigenvalue weighted by atomic mass is 35.5. The van der Waals surface area contributed by atoms with Gasteiger partial charge in [-0.3, -0.25) is 4.90 Å². The molecule has 1 fully saturated rings. The van der Waals surface area contributed by atoms with Gasteiger partial charge in [0.25, 0.3) is 0 Å². The average Bonchev–Trinajstić information content (AvgIpc) is 3.06. The van der Waals surface area contributed by atoms with E-state index in [-0.39, 0.29) is 12.0 Å². The minimum absolute atomic E-state index is 0.103. The van der Waals surface area contributed by atoms with E-state index in [0.29, 0.717) is 29.8 Å². The minimum atomic E-state index is -0.613. The van der Waals surface area contributed by atoms with Crippen molar-refractivity contribution in [2.24, 2.45) is 16.1 Å². The van der Waals surface area contributed by atoms with Crippen LogP contribution in [0.25, 0.3) is 11.8 Å². The van der Waals surface area contributed by atoms with Crippen molar-refractivity contribution in [2.45, 2.75) is 78.6 Å². The van der Waals surface area contributed by atoms with Crippen LogP contribution in [0.1, 0.15) is 63.5 Å². The van der Waals surface area contributed by atoms with E-state index in [0.717, 1.165) is 59.0 Å². The van der Waals surface area contributed by atoms with Gasteiger partial charge in [-0.05, 0) is 72.5 Å². The van der Waals surface area contributed by atoms with Crippen LogP contribution in [-0.2, 0) is 11.3 Å². The number of aromatic amines is 1. The predicted octanol–water partition coefficient (Wildman–Crippen LogP) is 4.79. The van der Waals surface area contributed by atoms with Gasteiger partial charge in [-0.1, -0.05) is 11.6 Å². The zero-order valence-corrected chi connectivity index (χ0v) is 22.7. The number of carbonyl (C=O) groups is 1. The highest BCUT2D eigenvalue weighted by Gasteiger charge is 2.32. The summed E-state index contributed by atoms with van der Waals surface area (Å²) in [4.78, 5) is 27.0. The number of allylic oxidation sites excluding steroid dienone is 1. The Hall–Kier alpha value is -3.20. The van der Waals surface area contributed by atoms with Crippen molar-refractivity contribution in [1.82, 2.24) is 15.0 Å². The lowest BCUT2D eigenvalue weighted by molar-refractivity contribution is 0.0584. The van der Waals surface area contributed by atoms with Gasteiger partial charge in [-0.2, -0.15) is 15.2 Å². The van der Waals surface area contributed by atoms with Gasteiger partial charge in [0, 0.05) is 34.8 Å². The van der Waals surface area contributed by atoms with Crippen LogP contribution in [0.5, 0.6) is 5.88 Å². The number of fused-ring (bicyclic) bond motifs is 3. The van der Waals surface area contributed by atoms with Gasteiger partial charge in [-0.25, -0.2) is 9.78 Å². The monoisotopic (exact) mass is 524 g/mol. The van der Waals surface area contributed by atoms with Crippen molar-refractivity contribution in [3.8, 4) is 5.88 Å². The Morgan fingerprint density at radius 1 is 1.16 bits per heavy atom. The second-order valence-corrected chi connectivity index (χ2v) is 11.3. The molecule has 0 unspecified atom stereocenters. The summed E-state index contributed by atoms with van der Waals surface area (Å²) in [6.45, 7) is 10.1. The fourth-order valence-corrected chi connectivity index (χ4v) is 5.35. The topological polar surface area (TPSA) is 105 Å². The maximum absolute atomic E-state index is 13.2. The van der Waals surface area contributed by atoms with Crippen molar-refractivity contribution in [1.29, 1.82) is 0 Å². The van der Waals surface area contributed by atoms with Crippen molar-refractivity contribution in [3.05, 3.63) is 45.0 Å². The quantitative estimate of drug-likeness (QED) is 0.621. The molecule has 1 N–H and O–H groups in total. The molecule has 37 heavy (non-hydrogen) atoms. The van der Waals surface area contributed by atoms with E-state index in [1.54, 1.807) is 4.90 Å². The van der Waals surface area contributed by atoms with E-state index >= 15 is 0 Å². The summed E-state index contributed by atoms with van der Waals surface area (Å²) >= 11 is 6.43. The first-order chi connectivity index (χ1) is 17.6. The maximum Gasteiger partial charge on any atom is 0.415 e. The lowest BCUT2D eigenvalue weighted by Crippen LogP contribution is -2.39. The molecule has 5 rings (SSSR count). The highest BCUT2D eigenvalue weighted by Crippen LogP contribution is 2.35. The third-order valence-electron chi connectivity index (χ3n) is 6.69. The van der Waals surface area contributed by atoms with Crippen LogP contribution in [0.4, 0.5) is 10.5 Å². The number of amides is 1. The molecule has 2 aromatic rings. The van der Waals surface area contributed by atoms with E-state index < -0.39 is 11.7 Å². The lowest BCUT2D eigenvalue weighted by Gasteiger charge is -2.29. The summed E-state index contributed by atoms with van der Waals surface area (Å²) in [5.41, 5.74) is 2.93. The molecular weight excluding hydrogens is 492 g/mol. The van der Waals surface area contributed by atoms with E-state index in [1.807, 2.05) is 52.8 Å². The molecule has 1 saturated carbocycles. The Kier molecular flexibility index (Phi) is 6.83. The van der Waals surface area contributed by atoms with Gasteiger partial charge in [0.05, 0.1) is 28.6 Å². The van der Waals surface area contributed by atoms with Crippen molar-refractivity contribution in [2.75, 3.05) is 11.4 Å². The van der Waals surface area contributed by atoms with E-state index in [4.69, 9.17) is 21.1 Å². The van der Waals surface area contributed by atoms with Crippen molar-refractivity contribution in [3.63, 3.8) is 0 Å². The maximum atomic E-state index is 13.2. The number of anilines is 1. The Morgan fingerprint density at radius 2 is 1.92 bits per heavy atom. The van der Waals surface area contributed by atoms with Crippen LogP contribution in [0, 0.1) is 19.8 Å². The number of azo groups is 1. The standard InChI is InChI=1S/C27H33ClN6O3/c1-15-12-22(31-16(2)30-15)36-19-8-6-17(7-9-19)23-24-20(14-29-33-23)25-21(32-24)13-18(28)10-11-34(25)26(35)37-27(3,4)5/h10,12-13,17,19,32H,6-9,11,14H2,1-5H3/t17-,19-. The molecule has 0 saturated heterocycles. The van der Waals surface area contributed by atoms with E-state index in [1.165, 1.54) is 0 Å². The van der Waals surface area contributed by atoms with E-state index in [2.05, 4.69) is 25.2 Å². The first kappa shape index (κ1) is 25.4. The molecule has 1 amide bonds. The third kappa shape index (κ3) is 5.56. The van der Waals surface area contributed by atoms with Crippen LogP contribution in [0.2, 0.25) is 0 Å². The summed E-state index contributed by atoms with van der Waals surface area (Å²) in [5, 5.41) is 11.3. The highest BCUT2D eigenvalue weighted by molar-refractivity contribution is 6.34. The van der Waals surface area contributed by atoms with Gasteiger partial charge >= 0.3 is 6.09 Å². The zero-order chi connectivity index (χ0) is 26.3. The third-order valence-corrected chi connectivity index (χ3v) is 6.95. The Balaban J connectivity index is 1.42. The molecule has 0 spiro atoms. The molecule has 10 heteroatoms. The fourth-order valence-electron chi connectivity index (χ4n) is 5.17. The molecule has 0 bridgehead atoms. The normalized spacial score (nSPS) is 21.4. The number of carbonyl (C=O) groups excluding carboxylic acids is 1. The number of halogens is 1. The molecule has 2 aromatic heterocycles. The molecule has 0 radical (unpaired) electrons. The largest absolute Gasteiger partial charge is 0.474 e. The number of nitrogens with zero attached hydrogens (tertiary/aromatic N) is 5. The second kappa shape index (κ2) is 9.93. The molecule has 0 atom stereocenters. The van der Waals surface area contributed by atoms with Gasteiger partial charge in [0.15, 0.2) is 0 Å². The summed E-state index contributed by atoms with van der Waals surface area (Å²) in [6, 6.07) is 1.88. The number of rotatable bonds is 3. The number of H-pyrrole nitrogens is 1. The van der Waals surface area contributed by atoms with Crippen LogP contribution < -0.4 is 20.3 Å². The first-order valence-corrected chi connectivity index (χ1v) is 13.1. The number of nitrogens with one attached hydrogen (secondary N) is 1. The Morgan fingerprint density at radius 3 is 2.62 bits per heavy atom. The Bertz CT molecular complexity index is 1380. The number of hydrogen-bond donors (Lipinski definition) is 1. The van der Waals surface area contributed by atoms with E-state index in [9.17, 15) is 4.79 Å². The molecule has 2 aliphatic heterocycles. The smallest absolute Gasteiger partial charge is 0.415 e. The number of ether oxygens (including phenoxy) is 2. The zero-order valence-electron chi connectivity index (χ0n) is 22.0. The van der Waals surface area contributed by atoms with Gasteiger partial charge in [0.1, 0.15) is 17.5 Å². The summed E-state index contributed by atoms with van der Waals surface area (Å²) in [5.74, 6) is 1.59. The number of aromatic nitrogens is 3. The van der Waals surface area contributed by atoms with Crippen LogP contribution in [0.15, 0.2) is 27.4 Å². The predicted molar refractivity (Wildman–Crippen MR) is 142 cm³/mol. The summed E-state index contributed by atoms with van der Waals surface area (Å²) in [6.07, 6.45) is 6.99. The first-order valence-electron chi connectivity index (χ1n) is 12.8. The molecule has 4 heterocycles. The van der Waals surface area contributed by atoms with Gasteiger partial charge in [-0.15, -0.1) is 0 Å². The summed E-state index contributed by atoms with van der Waals surface area (Å²) in [7, 11) is 0. The van der Waals surface area contributed by atoms with Crippen LogP contribution in [0.3, 0.4) is 0 Å². The second-order valence-electron chi connectivity index (χ2n) is 10.8. The molecule has 9 nitrogen and oxygen atoms in total. The Labute approximate surface area is 221 Å². The average molecular weight is 525 g/mol. The van der Waals surface area contributed by atoms with Gasteiger partial charge < -0.3 is 14.5 Å². The lowest BCUT2D eigenvalue weighted by atomic mass is 9.84. The number of aryl methyl sites for hydroxylation is 2. The van der Waals surface area contributed by atoms with Crippen molar-refractivity contribution < 1.29 is 14.3 Å². The molecule has 196 valence electrons. The van der Waals surface area contributed by atoms with Gasteiger partial charge in [0.2, 0.25) is 5.88 Å². The SMILES string of the molecule is Cc1cc(O[C@H]2CC[C@H](C3=c4[nH]c5c(c4CN=N3)N(C(=O)OC(C)(C)C)CC=C(Cl)C=5)CC2)nc(C)n1. The molecule has 0 aromatic carbocycles. The minimum Gasteiger partial charge on any atom is -0.474 e. The molecule has 3 aliphatic rings. The van der Waals surface area contributed by atoms with Crippen molar-refractivity contribution >= 4 is 35.2 Å². The van der Waals surface area contributed by atoms with Crippen LogP contribution >= 0.6 is 11.6 Å². The molecule has 1 aliphatic carbocycles.